The number of rotatable bonds is 5. The Balaban J connectivity index is 1.96. The van der Waals surface area contributed by atoms with Crippen LogP contribution in [0.15, 0.2) is 24.3 Å². The Kier molecular flexibility index (Phi) is 6.87. The number of ether oxygens (including phenoxy) is 1. The van der Waals surface area contributed by atoms with E-state index in [9.17, 15) is 9.18 Å². The predicted molar refractivity (Wildman–Crippen MR) is 129 cm³/mol. The van der Waals surface area contributed by atoms with Gasteiger partial charge in [-0.15, -0.1) is 0 Å². The molecule has 4 nitrogen and oxygen atoms in total. The number of halogens is 1. The minimum Gasteiger partial charge on any atom is -0.488 e. The minimum absolute atomic E-state index is 0.0633. The van der Waals surface area contributed by atoms with Crippen LogP contribution in [0, 0.1) is 25.1 Å². The molecule has 5 heteroatoms. The third kappa shape index (κ3) is 5.08. The van der Waals surface area contributed by atoms with E-state index in [0.29, 0.717) is 12.3 Å². The summed E-state index contributed by atoms with van der Waals surface area (Å²) in [5.74, 6) is -0.621. The van der Waals surface area contributed by atoms with Crippen LogP contribution in [0.25, 0.3) is 0 Å². The second-order valence-corrected chi connectivity index (χ2v) is 10.4. The van der Waals surface area contributed by atoms with Crippen LogP contribution < -0.4 is 15.4 Å². The number of primary amides is 1. The monoisotopic (exact) mass is 440 g/mol. The van der Waals surface area contributed by atoms with E-state index in [0.717, 1.165) is 52.9 Å². The molecule has 1 heterocycles. The molecule has 0 radical (unpaired) electrons. The average molecular weight is 441 g/mol. The summed E-state index contributed by atoms with van der Waals surface area (Å²) in [5, 5.41) is 0. The molecule has 2 N–H and O–H groups in total. The number of benzene rings is 2. The van der Waals surface area contributed by atoms with Crippen molar-refractivity contribution in [3.63, 3.8) is 0 Å². The van der Waals surface area contributed by atoms with E-state index in [-0.39, 0.29) is 29.2 Å². The van der Waals surface area contributed by atoms with E-state index in [1.54, 1.807) is 6.07 Å². The highest BCUT2D eigenvalue weighted by Crippen LogP contribution is 2.40. The number of amides is 1. The van der Waals surface area contributed by atoms with Gasteiger partial charge in [-0.05, 0) is 98.0 Å². The molecular formula is C27H37FN2O2. The smallest absolute Gasteiger partial charge is 0.225 e. The summed E-state index contributed by atoms with van der Waals surface area (Å²) in [6.45, 7) is 15.6. The molecule has 0 bridgehead atoms. The number of hydrogen-bond acceptors (Lipinski definition) is 3. The molecule has 2 aromatic rings. The molecule has 0 saturated carbocycles. The van der Waals surface area contributed by atoms with Crippen molar-refractivity contribution in [2.24, 2.45) is 11.1 Å². The number of fused-ring (bicyclic) bond motifs is 1. The topological polar surface area (TPSA) is 55.6 Å². The molecule has 174 valence electrons. The third-order valence-electron chi connectivity index (χ3n) is 6.23. The molecule has 0 saturated heterocycles. The fourth-order valence-corrected chi connectivity index (χ4v) is 4.92. The van der Waals surface area contributed by atoms with Gasteiger partial charge >= 0.3 is 0 Å². The van der Waals surface area contributed by atoms with E-state index < -0.39 is 0 Å². The highest BCUT2D eigenvalue weighted by molar-refractivity contribution is 5.84. The minimum atomic E-state index is -0.352. The highest BCUT2D eigenvalue weighted by atomic mass is 19.1. The maximum absolute atomic E-state index is 14.7. The lowest BCUT2D eigenvalue weighted by Crippen LogP contribution is -2.33. The van der Waals surface area contributed by atoms with Crippen molar-refractivity contribution in [1.29, 1.82) is 0 Å². The number of anilines is 1. The maximum Gasteiger partial charge on any atom is 0.225 e. The first-order chi connectivity index (χ1) is 14.9. The van der Waals surface area contributed by atoms with Gasteiger partial charge < -0.3 is 15.4 Å². The molecule has 1 unspecified atom stereocenters. The number of aryl methyl sites for hydroxylation is 3. The summed E-state index contributed by atoms with van der Waals surface area (Å²) in [4.78, 5) is 14.6. The van der Waals surface area contributed by atoms with Crippen LogP contribution in [0.1, 0.15) is 74.8 Å². The maximum atomic E-state index is 14.7. The normalized spacial score (nSPS) is 15.3. The largest absolute Gasteiger partial charge is 0.488 e. The number of nitrogens with zero attached hydrogens (tertiary/aromatic N) is 1. The highest BCUT2D eigenvalue weighted by Gasteiger charge is 2.33. The van der Waals surface area contributed by atoms with Gasteiger partial charge in [-0.3, -0.25) is 4.79 Å². The van der Waals surface area contributed by atoms with Crippen LogP contribution in [0.4, 0.5) is 10.1 Å². The molecule has 0 aliphatic carbocycles. The molecule has 0 aromatic heterocycles. The average Bonchev–Trinajstić information content (AvgIpc) is 2.85. The number of hydrogen-bond donors (Lipinski definition) is 1. The molecule has 1 amide bonds. The fraction of sp³-hybridized carbons (Fsp3) is 0.519. The SMILES string of the molecule is Cc1cc(N2CCCc3cc(OC(C)C)c(F)cc3C2)cc(C)c1C(C(N)=O)C(C)(C)C. The van der Waals surface area contributed by atoms with Gasteiger partial charge in [0.15, 0.2) is 11.6 Å². The van der Waals surface area contributed by atoms with Crippen molar-refractivity contribution in [2.75, 3.05) is 11.4 Å². The van der Waals surface area contributed by atoms with Crippen molar-refractivity contribution in [2.45, 2.75) is 79.9 Å². The number of carbonyl (C=O) groups excluding carboxylic acids is 1. The predicted octanol–water partition coefficient (Wildman–Crippen LogP) is 5.80. The Morgan fingerprint density at radius 1 is 1.09 bits per heavy atom. The zero-order chi connectivity index (χ0) is 23.8. The van der Waals surface area contributed by atoms with Crippen molar-refractivity contribution >= 4 is 11.6 Å². The Hall–Kier alpha value is -2.56. The summed E-state index contributed by atoms with van der Waals surface area (Å²) >= 11 is 0. The van der Waals surface area contributed by atoms with Gasteiger partial charge in [0.2, 0.25) is 5.91 Å². The van der Waals surface area contributed by atoms with Gasteiger partial charge in [0.25, 0.3) is 0 Å². The van der Waals surface area contributed by atoms with Gasteiger partial charge in [-0.25, -0.2) is 4.39 Å². The second kappa shape index (κ2) is 9.13. The van der Waals surface area contributed by atoms with Crippen LogP contribution in [0.5, 0.6) is 5.75 Å². The van der Waals surface area contributed by atoms with Crippen molar-refractivity contribution in [1.82, 2.24) is 0 Å². The fourth-order valence-electron chi connectivity index (χ4n) is 4.92. The van der Waals surface area contributed by atoms with Gasteiger partial charge in [-0.2, -0.15) is 0 Å². The van der Waals surface area contributed by atoms with E-state index in [1.165, 1.54) is 0 Å². The Labute approximate surface area is 191 Å². The van der Waals surface area contributed by atoms with Crippen molar-refractivity contribution in [3.8, 4) is 5.75 Å². The number of carbonyl (C=O) groups is 1. The van der Waals surface area contributed by atoms with Gasteiger partial charge in [-0.1, -0.05) is 20.8 Å². The van der Waals surface area contributed by atoms with Gasteiger partial charge in [0, 0.05) is 18.8 Å². The molecule has 3 rings (SSSR count). The van der Waals surface area contributed by atoms with Crippen LogP contribution in [-0.2, 0) is 17.8 Å². The second-order valence-electron chi connectivity index (χ2n) is 10.4. The van der Waals surface area contributed by atoms with E-state index in [2.05, 4.69) is 30.9 Å². The third-order valence-corrected chi connectivity index (χ3v) is 6.23. The molecule has 32 heavy (non-hydrogen) atoms. The number of nitrogens with two attached hydrogens (primary N) is 1. The van der Waals surface area contributed by atoms with Crippen LogP contribution in [-0.4, -0.2) is 18.6 Å². The molecular weight excluding hydrogens is 403 g/mol. The van der Waals surface area contributed by atoms with Crippen molar-refractivity contribution in [3.05, 3.63) is 57.9 Å². The zero-order valence-corrected chi connectivity index (χ0v) is 20.5. The molecule has 1 atom stereocenters. The lowest BCUT2D eigenvalue weighted by Gasteiger charge is -2.32. The summed E-state index contributed by atoms with van der Waals surface area (Å²) in [5.41, 5.74) is 11.9. The van der Waals surface area contributed by atoms with Crippen LogP contribution >= 0.6 is 0 Å². The summed E-state index contributed by atoms with van der Waals surface area (Å²) in [7, 11) is 0. The molecule has 2 aromatic carbocycles. The van der Waals surface area contributed by atoms with Crippen LogP contribution in [0.2, 0.25) is 0 Å². The van der Waals surface area contributed by atoms with Gasteiger partial charge in [0.05, 0.1) is 12.0 Å². The first-order valence-corrected chi connectivity index (χ1v) is 11.5. The standard InChI is InChI=1S/C27H37FN2O2/c1-16(2)32-23-14-19-9-8-10-30(15-20(19)13-22(23)28)21-11-17(3)24(18(4)12-21)25(26(29)31)27(5,6)7/h11-14,16,25H,8-10,15H2,1-7H3,(H2,29,31). The Morgan fingerprint density at radius 3 is 2.25 bits per heavy atom. The van der Waals surface area contributed by atoms with E-state index >= 15 is 0 Å². The Bertz CT molecular complexity index is 984. The molecule has 1 aliphatic rings. The first-order valence-electron chi connectivity index (χ1n) is 11.5. The summed E-state index contributed by atoms with van der Waals surface area (Å²) in [6.07, 6.45) is 1.81. The molecule has 1 aliphatic heterocycles. The summed E-state index contributed by atoms with van der Waals surface area (Å²) in [6, 6.07) is 7.78. The first kappa shape index (κ1) is 24.1. The zero-order valence-electron chi connectivity index (χ0n) is 20.5. The van der Waals surface area contributed by atoms with E-state index in [4.69, 9.17) is 10.5 Å². The van der Waals surface area contributed by atoms with Crippen LogP contribution in [0.3, 0.4) is 0 Å². The Morgan fingerprint density at radius 2 is 1.72 bits per heavy atom. The van der Waals surface area contributed by atoms with E-state index in [1.807, 2.05) is 40.7 Å². The molecule has 0 spiro atoms. The lowest BCUT2D eigenvalue weighted by atomic mass is 9.73. The molecule has 0 fully saturated rings. The van der Waals surface area contributed by atoms with Crippen molar-refractivity contribution < 1.29 is 13.9 Å². The quantitative estimate of drug-likeness (QED) is 0.639. The lowest BCUT2D eigenvalue weighted by molar-refractivity contribution is -0.121. The summed E-state index contributed by atoms with van der Waals surface area (Å²) < 4.78 is 20.3. The van der Waals surface area contributed by atoms with Gasteiger partial charge in [0.1, 0.15) is 0 Å².